The number of carboxylic acids is 1. The number of piperazine rings is 1. The zero-order valence-corrected chi connectivity index (χ0v) is 19.1. The maximum Gasteiger partial charge on any atom is 0.325 e. The van der Waals surface area contributed by atoms with Gasteiger partial charge in [0.05, 0.1) is 0 Å². The first-order chi connectivity index (χ1) is 16.7. The summed E-state index contributed by atoms with van der Waals surface area (Å²) in [6.45, 7) is 4.51. The van der Waals surface area contributed by atoms with Gasteiger partial charge in [-0.1, -0.05) is 60.7 Å². The van der Waals surface area contributed by atoms with Crippen LogP contribution in [0.25, 0.3) is 10.9 Å². The lowest BCUT2D eigenvalue weighted by molar-refractivity contribution is -0.144. The number of aliphatic carboxylic acids is 1. The van der Waals surface area contributed by atoms with Crippen LogP contribution in [-0.2, 0) is 17.9 Å². The molecule has 0 amide bonds. The van der Waals surface area contributed by atoms with Gasteiger partial charge in [0.25, 0.3) is 0 Å². The topological polar surface area (TPSA) is 68.8 Å². The van der Waals surface area contributed by atoms with E-state index in [0.29, 0.717) is 6.61 Å². The summed E-state index contributed by atoms with van der Waals surface area (Å²) in [4.78, 5) is 20.1. The second-order valence-corrected chi connectivity index (χ2v) is 8.76. The molecule has 0 radical (unpaired) electrons. The predicted octanol–water partition coefficient (Wildman–Crippen LogP) is 4.69. The Morgan fingerprint density at radius 3 is 2.26 bits per heavy atom. The number of rotatable bonds is 8. The van der Waals surface area contributed by atoms with Crippen molar-refractivity contribution in [2.24, 2.45) is 0 Å². The van der Waals surface area contributed by atoms with Crippen molar-refractivity contribution in [3.05, 3.63) is 102 Å². The molecule has 1 aliphatic rings. The molecule has 6 heteroatoms. The van der Waals surface area contributed by atoms with Crippen LogP contribution in [0.2, 0.25) is 0 Å². The summed E-state index contributed by atoms with van der Waals surface area (Å²) in [5.41, 5.74) is 4.07. The summed E-state index contributed by atoms with van der Waals surface area (Å²) in [7, 11) is 0. The molecule has 1 saturated heterocycles. The Labute approximate surface area is 199 Å². The van der Waals surface area contributed by atoms with Gasteiger partial charge in [-0.2, -0.15) is 0 Å². The molecule has 0 bridgehead atoms. The molecule has 1 fully saturated rings. The smallest absolute Gasteiger partial charge is 0.325 e. The first kappa shape index (κ1) is 22.2. The molecule has 2 N–H and O–H groups in total. The molecule has 2 heterocycles. The van der Waals surface area contributed by atoms with Crippen LogP contribution in [-0.4, -0.2) is 52.0 Å². The van der Waals surface area contributed by atoms with Crippen LogP contribution in [0.3, 0.4) is 0 Å². The van der Waals surface area contributed by atoms with Gasteiger partial charge in [0, 0.05) is 61.5 Å². The molecule has 174 valence electrons. The molecule has 1 aliphatic heterocycles. The van der Waals surface area contributed by atoms with E-state index in [4.69, 9.17) is 4.74 Å². The van der Waals surface area contributed by atoms with Crippen molar-refractivity contribution < 1.29 is 14.6 Å². The zero-order valence-electron chi connectivity index (χ0n) is 19.1. The van der Waals surface area contributed by atoms with Gasteiger partial charge in [-0.15, -0.1) is 0 Å². The lowest BCUT2D eigenvalue weighted by atomic mass is 10.0. The van der Waals surface area contributed by atoms with E-state index in [9.17, 15) is 9.90 Å². The van der Waals surface area contributed by atoms with E-state index in [1.54, 1.807) is 0 Å². The van der Waals surface area contributed by atoms with E-state index in [2.05, 4.69) is 39.0 Å². The number of carboxylic acid groups (broad SMARTS) is 1. The van der Waals surface area contributed by atoms with Crippen molar-refractivity contribution in [1.82, 2.24) is 14.8 Å². The van der Waals surface area contributed by atoms with Gasteiger partial charge in [0.1, 0.15) is 18.4 Å². The monoisotopic (exact) mass is 455 g/mol. The number of hydrogen-bond donors (Lipinski definition) is 2. The van der Waals surface area contributed by atoms with Crippen LogP contribution >= 0.6 is 0 Å². The number of nitrogens with zero attached hydrogens (tertiary/aromatic N) is 2. The molecule has 34 heavy (non-hydrogen) atoms. The lowest BCUT2D eigenvalue weighted by Gasteiger charge is -2.37. The fraction of sp³-hybridized carbons (Fsp3) is 0.250. The number of benzene rings is 3. The van der Waals surface area contributed by atoms with Crippen molar-refractivity contribution in [2.45, 2.75) is 19.2 Å². The number of nitrogens with one attached hydrogen (secondary N) is 1. The molecular formula is C28H29N3O3. The third kappa shape index (κ3) is 4.98. The maximum atomic E-state index is 12.3. The van der Waals surface area contributed by atoms with Crippen LogP contribution in [0.5, 0.6) is 5.75 Å². The van der Waals surface area contributed by atoms with Crippen molar-refractivity contribution in [2.75, 3.05) is 26.2 Å². The Hall–Kier alpha value is -3.61. The molecule has 1 atom stereocenters. The van der Waals surface area contributed by atoms with E-state index >= 15 is 0 Å². The van der Waals surface area contributed by atoms with E-state index in [1.165, 1.54) is 5.56 Å². The minimum Gasteiger partial charge on any atom is -0.489 e. The number of aromatic nitrogens is 1. The Balaban J connectivity index is 1.27. The molecule has 0 aliphatic carbocycles. The fourth-order valence-electron chi connectivity index (χ4n) is 4.69. The van der Waals surface area contributed by atoms with Crippen molar-refractivity contribution in [3.8, 4) is 5.75 Å². The quantitative estimate of drug-likeness (QED) is 0.403. The van der Waals surface area contributed by atoms with Crippen molar-refractivity contribution >= 4 is 16.9 Å². The minimum absolute atomic E-state index is 0.491. The highest BCUT2D eigenvalue weighted by Gasteiger charge is 2.32. The highest BCUT2D eigenvalue weighted by atomic mass is 16.5. The zero-order chi connectivity index (χ0) is 23.3. The van der Waals surface area contributed by atoms with Gasteiger partial charge in [-0.25, -0.2) is 0 Å². The fourth-order valence-corrected chi connectivity index (χ4v) is 4.69. The molecular weight excluding hydrogens is 426 g/mol. The highest BCUT2D eigenvalue weighted by molar-refractivity contribution is 5.90. The standard InChI is InChI=1S/C28H29N3O3/c32-28(33)27(31-15-13-30(14-16-31)19-21-7-3-1-4-8-21)25-18-29-26-17-23(11-12-24(25)26)34-20-22-9-5-2-6-10-22/h1-12,17-18,27,29H,13-16,19-20H2,(H,32,33)/t27-/m0/s1. The van der Waals surface area contributed by atoms with Gasteiger partial charge < -0.3 is 14.8 Å². The Bertz CT molecular complexity index is 1230. The number of H-pyrrole nitrogens is 1. The van der Waals surface area contributed by atoms with Gasteiger partial charge in [-0.3, -0.25) is 14.6 Å². The number of carbonyl (C=O) groups is 1. The van der Waals surface area contributed by atoms with Crippen LogP contribution in [0, 0.1) is 0 Å². The molecule has 0 unspecified atom stereocenters. The summed E-state index contributed by atoms with van der Waals surface area (Å²) in [6, 6.07) is 25.6. The Kier molecular flexibility index (Phi) is 6.60. The summed E-state index contributed by atoms with van der Waals surface area (Å²) in [5, 5.41) is 11.1. The third-order valence-corrected chi connectivity index (χ3v) is 6.48. The van der Waals surface area contributed by atoms with Gasteiger partial charge in [-0.05, 0) is 23.3 Å². The van der Waals surface area contributed by atoms with Crippen molar-refractivity contribution in [1.29, 1.82) is 0 Å². The van der Waals surface area contributed by atoms with Crippen LogP contribution in [0.1, 0.15) is 22.7 Å². The lowest BCUT2D eigenvalue weighted by Crippen LogP contribution is -2.48. The average Bonchev–Trinajstić information content (AvgIpc) is 3.28. The number of aromatic amines is 1. The molecule has 3 aromatic carbocycles. The van der Waals surface area contributed by atoms with Crippen LogP contribution in [0.4, 0.5) is 0 Å². The third-order valence-electron chi connectivity index (χ3n) is 6.48. The largest absolute Gasteiger partial charge is 0.489 e. The van der Waals surface area contributed by atoms with E-state index in [-0.39, 0.29) is 0 Å². The van der Waals surface area contributed by atoms with Gasteiger partial charge >= 0.3 is 5.97 Å². The average molecular weight is 456 g/mol. The van der Waals surface area contributed by atoms with Crippen molar-refractivity contribution in [3.63, 3.8) is 0 Å². The first-order valence-corrected chi connectivity index (χ1v) is 11.7. The molecule has 4 aromatic rings. The number of hydrogen-bond acceptors (Lipinski definition) is 4. The van der Waals surface area contributed by atoms with Crippen LogP contribution in [0.15, 0.2) is 85.1 Å². The van der Waals surface area contributed by atoms with Gasteiger partial charge in [0.2, 0.25) is 0 Å². The summed E-state index contributed by atoms with van der Waals surface area (Å²) in [5.74, 6) is -0.0621. The summed E-state index contributed by atoms with van der Waals surface area (Å²) in [6.07, 6.45) is 1.83. The Morgan fingerprint density at radius 2 is 1.59 bits per heavy atom. The highest BCUT2D eigenvalue weighted by Crippen LogP contribution is 2.32. The SMILES string of the molecule is O=C(O)[C@H](c1c[nH]c2cc(OCc3ccccc3)ccc12)N1CCN(Cc2ccccc2)CC1. The number of ether oxygens (including phenoxy) is 1. The van der Waals surface area contributed by atoms with E-state index in [1.807, 2.05) is 60.8 Å². The molecule has 6 nitrogen and oxygen atoms in total. The van der Waals surface area contributed by atoms with E-state index < -0.39 is 12.0 Å². The second-order valence-electron chi connectivity index (χ2n) is 8.76. The first-order valence-electron chi connectivity index (χ1n) is 11.7. The predicted molar refractivity (Wildman–Crippen MR) is 133 cm³/mol. The van der Waals surface area contributed by atoms with Crippen LogP contribution < -0.4 is 4.74 Å². The molecule has 1 aromatic heterocycles. The normalized spacial score (nSPS) is 15.9. The number of fused-ring (bicyclic) bond motifs is 1. The van der Waals surface area contributed by atoms with Gasteiger partial charge in [0.15, 0.2) is 0 Å². The summed E-state index contributed by atoms with van der Waals surface area (Å²) >= 11 is 0. The maximum absolute atomic E-state index is 12.3. The van der Waals surface area contributed by atoms with E-state index in [0.717, 1.165) is 60.5 Å². The second kappa shape index (κ2) is 10.1. The summed E-state index contributed by atoms with van der Waals surface area (Å²) < 4.78 is 5.94. The molecule has 0 saturated carbocycles. The Morgan fingerprint density at radius 1 is 0.912 bits per heavy atom. The minimum atomic E-state index is -0.818. The molecule has 0 spiro atoms. The molecule has 5 rings (SSSR count).